The zero-order valence-corrected chi connectivity index (χ0v) is 12.6. The molecule has 2 rings (SSSR count). The molecule has 0 spiro atoms. The number of methoxy groups -OCH3 is 1. The van der Waals surface area contributed by atoms with Crippen molar-refractivity contribution in [3.8, 4) is 0 Å². The Hall–Kier alpha value is -1.35. The molecule has 3 heteroatoms. The molecule has 1 aromatic carbocycles. The van der Waals surface area contributed by atoms with E-state index in [9.17, 15) is 4.79 Å². The molecule has 1 atom stereocenters. The highest BCUT2D eigenvalue weighted by Crippen LogP contribution is 2.23. The van der Waals surface area contributed by atoms with E-state index in [-0.39, 0.29) is 5.97 Å². The van der Waals surface area contributed by atoms with Crippen molar-refractivity contribution >= 4 is 5.97 Å². The predicted octanol–water partition coefficient (Wildman–Crippen LogP) is 3.63. The fourth-order valence-electron chi connectivity index (χ4n) is 3.03. The van der Waals surface area contributed by atoms with Crippen molar-refractivity contribution in [1.82, 2.24) is 4.90 Å². The molecule has 0 aromatic heterocycles. The average Bonchev–Trinajstić information content (AvgIpc) is 2.49. The van der Waals surface area contributed by atoms with Crippen molar-refractivity contribution in [2.24, 2.45) is 0 Å². The fourth-order valence-corrected chi connectivity index (χ4v) is 3.03. The highest BCUT2D eigenvalue weighted by Gasteiger charge is 2.21. The third-order valence-corrected chi connectivity index (χ3v) is 4.13. The lowest BCUT2D eigenvalue weighted by atomic mass is 9.97. The Morgan fingerprint density at radius 1 is 1.30 bits per heavy atom. The third kappa shape index (κ3) is 3.83. The average molecular weight is 275 g/mol. The Labute approximate surface area is 121 Å². The maximum Gasteiger partial charge on any atom is 0.337 e. The van der Waals surface area contributed by atoms with Gasteiger partial charge in [0.1, 0.15) is 0 Å². The molecule has 20 heavy (non-hydrogen) atoms. The van der Waals surface area contributed by atoms with E-state index in [1.165, 1.54) is 51.3 Å². The summed E-state index contributed by atoms with van der Waals surface area (Å²) in [6.07, 6.45) is 6.54. The number of rotatable bonds is 5. The van der Waals surface area contributed by atoms with Gasteiger partial charge >= 0.3 is 5.97 Å². The lowest BCUT2D eigenvalue weighted by Gasteiger charge is -2.35. The van der Waals surface area contributed by atoms with E-state index in [0.29, 0.717) is 5.56 Å². The van der Waals surface area contributed by atoms with Crippen LogP contribution in [0, 0.1) is 0 Å². The standard InChI is InChI=1S/C17H25NO2/c1-3-6-16-7-4-5-12-18(16)13-14-8-10-15(11-9-14)17(19)20-2/h8-11,16H,3-7,12-13H2,1-2H3. The topological polar surface area (TPSA) is 29.5 Å². The van der Waals surface area contributed by atoms with Crippen molar-refractivity contribution in [2.75, 3.05) is 13.7 Å². The van der Waals surface area contributed by atoms with Gasteiger partial charge in [-0.05, 0) is 43.5 Å². The molecule has 110 valence electrons. The highest BCUT2D eigenvalue weighted by atomic mass is 16.5. The summed E-state index contributed by atoms with van der Waals surface area (Å²) in [6, 6.07) is 8.54. The van der Waals surface area contributed by atoms with Crippen LogP contribution in [0.2, 0.25) is 0 Å². The zero-order valence-electron chi connectivity index (χ0n) is 12.6. The number of ether oxygens (including phenoxy) is 1. The van der Waals surface area contributed by atoms with Gasteiger partial charge in [-0.2, -0.15) is 0 Å². The van der Waals surface area contributed by atoms with Gasteiger partial charge in [-0.15, -0.1) is 0 Å². The molecular weight excluding hydrogens is 250 g/mol. The first kappa shape index (κ1) is 15.0. The molecule has 0 saturated carbocycles. The normalized spacial score (nSPS) is 19.8. The molecule has 1 aliphatic rings. The van der Waals surface area contributed by atoms with Gasteiger partial charge in [0.05, 0.1) is 12.7 Å². The number of piperidine rings is 1. The van der Waals surface area contributed by atoms with Crippen molar-refractivity contribution < 1.29 is 9.53 Å². The van der Waals surface area contributed by atoms with Gasteiger partial charge in [-0.25, -0.2) is 4.79 Å². The molecule has 1 heterocycles. The minimum atomic E-state index is -0.265. The molecule has 1 aromatic rings. The van der Waals surface area contributed by atoms with E-state index in [0.717, 1.165) is 12.6 Å². The number of likely N-dealkylation sites (tertiary alicyclic amines) is 1. The zero-order chi connectivity index (χ0) is 14.4. The lowest BCUT2D eigenvalue weighted by Crippen LogP contribution is -2.38. The van der Waals surface area contributed by atoms with E-state index in [1.54, 1.807) is 0 Å². The summed E-state index contributed by atoms with van der Waals surface area (Å²) in [5, 5.41) is 0. The first-order chi connectivity index (χ1) is 9.74. The maximum atomic E-state index is 11.4. The van der Waals surface area contributed by atoms with Gasteiger partial charge in [0.25, 0.3) is 0 Å². The lowest BCUT2D eigenvalue weighted by molar-refractivity contribution is 0.0600. The summed E-state index contributed by atoms with van der Waals surface area (Å²) in [6.45, 7) is 4.45. The highest BCUT2D eigenvalue weighted by molar-refractivity contribution is 5.89. The second-order valence-corrected chi connectivity index (χ2v) is 5.60. The number of carbonyl (C=O) groups excluding carboxylic acids is 1. The van der Waals surface area contributed by atoms with Crippen LogP contribution in [0.1, 0.15) is 54.9 Å². The second kappa shape index (κ2) is 7.44. The minimum Gasteiger partial charge on any atom is -0.465 e. The van der Waals surface area contributed by atoms with Crippen LogP contribution < -0.4 is 0 Å². The number of hydrogen-bond acceptors (Lipinski definition) is 3. The SMILES string of the molecule is CCCC1CCCCN1Cc1ccc(C(=O)OC)cc1. The quantitative estimate of drug-likeness (QED) is 0.769. The van der Waals surface area contributed by atoms with Gasteiger partial charge in [0, 0.05) is 12.6 Å². The number of esters is 1. The Kier molecular flexibility index (Phi) is 5.60. The van der Waals surface area contributed by atoms with Crippen LogP contribution >= 0.6 is 0 Å². The number of carbonyl (C=O) groups is 1. The number of nitrogens with zero attached hydrogens (tertiary/aromatic N) is 1. The summed E-state index contributed by atoms with van der Waals surface area (Å²) in [4.78, 5) is 14.0. The van der Waals surface area contributed by atoms with Crippen LogP contribution in [-0.2, 0) is 11.3 Å². The van der Waals surface area contributed by atoms with Crippen LogP contribution in [0.3, 0.4) is 0 Å². The minimum absolute atomic E-state index is 0.265. The first-order valence-corrected chi connectivity index (χ1v) is 7.66. The van der Waals surface area contributed by atoms with E-state index < -0.39 is 0 Å². The molecule has 0 bridgehead atoms. The molecular formula is C17H25NO2. The molecule has 1 fully saturated rings. The largest absolute Gasteiger partial charge is 0.465 e. The fraction of sp³-hybridized carbons (Fsp3) is 0.588. The van der Waals surface area contributed by atoms with Crippen molar-refractivity contribution in [3.63, 3.8) is 0 Å². The molecule has 1 saturated heterocycles. The Bertz CT molecular complexity index is 425. The smallest absolute Gasteiger partial charge is 0.337 e. The number of benzene rings is 1. The molecule has 0 N–H and O–H groups in total. The second-order valence-electron chi connectivity index (χ2n) is 5.60. The Morgan fingerprint density at radius 2 is 2.05 bits per heavy atom. The van der Waals surface area contributed by atoms with Crippen LogP contribution in [0.15, 0.2) is 24.3 Å². The first-order valence-electron chi connectivity index (χ1n) is 7.66. The van der Waals surface area contributed by atoms with Crippen LogP contribution in [0.25, 0.3) is 0 Å². The summed E-state index contributed by atoms with van der Waals surface area (Å²) < 4.78 is 4.73. The van der Waals surface area contributed by atoms with Gasteiger partial charge in [-0.3, -0.25) is 4.90 Å². The van der Waals surface area contributed by atoms with Gasteiger partial charge in [0.2, 0.25) is 0 Å². The molecule has 1 aliphatic heterocycles. The molecule has 0 radical (unpaired) electrons. The third-order valence-electron chi connectivity index (χ3n) is 4.13. The van der Waals surface area contributed by atoms with E-state index in [4.69, 9.17) is 4.74 Å². The number of hydrogen-bond donors (Lipinski definition) is 0. The van der Waals surface area contributed by atoms with Crippen molar-refractivity contribution in [2.45, 2.75) is 51.6 Å². The van der Waals surface area contributed by atoms with Crippen molar-refractivity contribution in [1.29, 1.82) is 0 Å². The summed E-state index contributed by atoms with van der Waals surface area (Å²) in [7, 11) is 1.42. The van der Waals surface area contributed by atoms with Gasteiger partial charge in [0.15, 0.2) is 0 Å². The van der Waals surface area contributed by atoms with Gasteiger partial charge in [-0.1, -0.05) is 31.9 Å². The molecule has 0 amide bonds. The predicted molar refractivity (Wildman–Crippen MR) is 80.7 cm³/mol. The Morgan fingerprint density at radius 3 is 2.70 bits per heavy atom. The van der Waals surface area contributed by atoms with Crippen LogP contribution in [0.5, 0.6) is 0 Å². The maximum absolute atomic E-state index is 11.4. The van der Waals surface area contributed by atoms with Crippen LogP contribution in [0.4, 0.5) is 0 Å². The molecule has 1 unspecified atom stereocenters. The Balaban J connectivity index is 1.99. The summed E-state index contributed by atoms with van der Waals surface area (Å²) >= 11 is 0. The monoisotopic (exact) mass is 275 g/mol. The van der Waals surface area contributed by atoms with Crippen molar-refractivity contribution in [3.05, 3.63) is 35.4 Å². The van der Waals surface area contributed by atoms with E-state index >= 15 is 0 Å². The van der Waals surface area contributed by atoms with Crippen LogP contribution in [-0.4, -0.2) is 30.6 Å². The summed E-state index contributed by atoms with van der Waals surface area (Å²) in [5.74, 6) is -0.265. The molecule has 3 nitrogen and oxygen atoms in total. The van der Waals surface area contributed by atoms with E-state index in [2.05, 4.69) is 11.8 Å². The van der Waals surface area contributed by atoms with Gasteiger partial charge < -0.3 is 4.74 Å². The van der Waals surface area contributed by atoms with E-state index in [1.807, 2.05) is 24.3 Å². The molecule has 0 aliphatic carbocycles. The summed E-state index contributed by atoms with van der Waals surface area (Å²) in [5.41, 5.74) is 1.90.